The van der Waals surface area contributed by atoms with Gasteiger partial charge in [-0.2, -0.15) is 0 Å². The van der Waals surface area contributed by atoms with E-state index < -0.39 is 57.5 Å². The number of cyclic esters (lactones) is 1. The van der Waals surface area contributed by atoms with Gasteiger partial charge in [-0.15, -0.1) is 11.3 Å². The van der Waals surface area contributed by atoms with Gasteiger partial charge in [0.15, 0.2) is 4.11 Å². The van der Waals surface area contributed by atoms with Gasteiger partial charge < -0.3 is 35.6 Å². The molecule has 10 nitrogen and oxygen atoms in total. The third kappa shape index (κ3) is 9.60. The van der Waals surface area contributed by atoms with E-state index >= 15 is 0 Å². The molecule has 294 valence electrons. The molecule has 0 aliphatic carbocycles. The number of ether oxygens (including phenoxy) is 1. The van der Waals surface area contributed by atoms with Crippen molar-refractivity contribution in [2.45, 2.75) is 104 Å². The largest absolute Gasteiger partial charge is 0.448 e. The molecule has 3 aromatic rings. The maximum Gasteiger partial charge on any atom is 0.312 e. The van der Waals surface area contributed by atoms with E-state index in [1.807, 2.05) is 36.1 Å². The number of alkyl halides is 1. The van der Waals surface area contributed by atoms with Crippen LogP contribution in [0.1, 0.15) is 59.3 Å². The fourth-order valence-corrected chi connectivity index (χ4v) is 10.4. The number of nitrogens with zero attached hydrogens (tertiary/aromatic N) is 1. The summed E-state index contributed by atoms with van der Waals surface area (Å²) in [6, 6.07) is 18.3. The number of halogens is 1. The smallest absolute Gasteiger partial charge is 0.312 e. The zero-order valence-electron chi connectivity index (χ0n) is 31.6. The Kier molecular flexibility index (Phi) is 14.1. The van der Waals surface area contributed by atoms with Crippen LogP contribution in [-0.4, -0.2) is 102 Å². The highest BCUT2D eigenvalue weighted by Gasteiger charge is 2.47. The van der Waals surface area contributed by atoms with Gasteiger partial charge in [-0.05, 0) is 98.9 Å². The molecule has 2 aliphatic rings. The molecule has 5 rings (SSSR count). The van der Waals surface area contributed by atoms with Crippen molar-refractivity contribution < 1.29 is 39.9 Å². The molecule has 3 heterocycles. The Hall–Kier alpha value is -2.34. The number of nitrogens with one attached hydrogen (secondary N) is 1. The van der Waals surface area contributed by atoms with Crippen LogP contribution in [0.5, 0.6) is 0 Å². The van der Waals surface area contributed by atoms with Crippen LogP contribution in [0.4, 0.5) is 0 Å². The minimum absolute atomic E-state index is 0.165. The van der Waals surface area contributed by atoms with Gasteiger partial charge in [-0.3, -0.25) is 14.5 Å². The lowest BCUT2D eigenvalue weighted by Crippen LogP contribution is -2.58. The van der Waals surface area contributed by atoms with Gasteiger partial charge in [0.1, 0.15) is 11.7 Å². The van der Waals surface area contributed by atoms with Crippen LogP contribution < -0.4 is 5.32 Å². The second kappa shape index (κ2) is 17.9. The van der Waals surface area contributed by atoms with Crippen molar-refractivity contribution in [3.63, 3.8) is 0 Å². The SMILES string of the molecule is C[C@H]1CN(CCCNC(=O)/C=C/c2cc3c(s2)-c2ccccc2Sc2ccccc2-3)[C@H](C)[C@@H](O)[C@](C)(O)[C@@H](I)OC(=O)[C@H](C)[C@@H](O)[C@H](C)[C@@H](O)[C@](C)(O)C1. The molecular weight excluding hydrogens is 839 g/mol. The molecule has 1 fully saturated rings. The summed E-state index contributed by atoms with van der Waals surface area (Å²) in [6.45, 7) is 10.8. The molecule has 0 spiro atoms. The molecule has 13 heteroatoms. The first-order valence-electron chi connectivity index (χ1n) is 18.5. The molecule has 0 radical (unpaired) electrons. The number of hydrogen-bond donors (Lipinski definition) is 6. The highest BCUT2D eigenvalue weighted by atomic mass is 127. The Morgan fingerprint density at radius 1 is 0.981 bits per heavy atom. The second-order valence-corrected chi connectivity index (χ2v) is 18.7. The number of thiophene rings is 1. The van der Waals surface area contributed by atoms with E-state index in [-0.39, 0.29) is 18.2 Å². The Morgan fingerprint density at radius 3 is 2.30 bits per heavy atom. The highest BCUT2D eigenvalue weighted by Crippen LogP contribution is 2.51. The fourth-order valence-electron chi connectivity index (χ4n) is 7.49. The molecule has 54 heavy (non-hydrogen) atoms. The van der Waals surface area contributed by atoms with Gasteiger partial charge >= 0.3 is 5.97 Å². The Balaban J connectivity index is 1.27. The molecule has 0 unspecified atom stereocenters. The van der Waals surface area contributed by atoms with Crippen molar-refractivity contribution in [1.82, 2.24) is 10.2 Å². The number of aliphatic hydroxyl groups excluding tert-OH is 3. The van der Waals surface area contributed by atoms with E-state index in [1.165, 1.54) is 46.6 Å². The molecule has 10 atom stereocenters. The van der Waals surface area contributed by atoms with Crippen LogP contribution in [0.3, 0.4) is 0 Å². The van der Waals surface area contributed by atoms with Crippen LogP contribution in [0, 0.1) is 17.8 Å². The lowest BCUT2D eigenvalue weighted by Gasteiger charge is -2.42. The minimum atomic E-state index is -1.86. The van der Waals surface area contributed by atoms with Crippen molar-refractivity contribution in [1.29, 1.82) is 0 Å². The van der Waals surface area contributed by atoms with Crippen LogP contribution in [0.15, 0.2) is 70.5 Å². The molecule has 2 aromatic carbocycles. The van der Waals surface area contributed by atoms with Gasteiger partial charge in [0.05, 0.1) is 23.7 Å². The standard InChI is InChI=1S/C41H53IN2O8S2/c1-23-21-40(5,50)36(47)24(2)34(46)25(3)38(49)52-39(42)41(6,51)37(48)26(4)44(22-23)19-11-18-43-33(45)17-16-27-20-30-28-12-7-9-14-31(28)54-32-15-10-8-13-29(32)35(30)53-27/h7-10,12-17,20,23-26,34,36-37,39,46-48,50-51H,11,18-19,21-22H2,1-6H3,(H,43,45)/b17-16+/t23-,24+,25-,26-,34+,36-,37-,39+,40-,41+/m1/s1. The molecular formula is C41H53IN2O8S2. The first kappa shape index (κ1) is 42.8. The molecule has 0 saturated carbocycles. The fraction of sp³-hybridized carbons (Fsp3) is 0.512. The topological polar surface area (TPSA) is 160 Å². The lowest BCUT2D eigenvalue weighted by atomic mass is 9.78. The molecule has 0 bridgehead atoms. The quantitative estimate of drug-likeness (QED) is 0.0449. The number of hydrogen-bond acceptors (Lipinski definition) is 11. The van der Waals surface area contributed by atoms with Crippen molar-refractivity contribution in [2.75, 3.05) is 19.6 Å². The van der Waals surface area contributed by atoms with Crippen LogP contribution in [0.25, 0.3) is 27.6 Å². The molecule has 1 aromatic heterocycles. The number of benzene rings is 2. The number of aliphatic hydroxyl groups is 5. The predicted octanol–water partition coefficient (Wildman–Crippen LogP) is 5.96. The monoisotopic (exact) mass is 892 g/mol. The number of esters is 1. The summed E-state index contributed by atoms with van der Waals surface area (Å²) < 4.78 is 4.38. The summed E-state index contributed by atoms with van der Waals surface area (Å²) in [6.07, 6.45) is 0.0427. The van der Waals surface area contributed by atoms with Crippen LogP contribution >= 0.6 is 45.7 Å². The van der Waals surface area contributed by atoms with Crippen LogP contribution in [-0.2, 0) is 14.3 Å². The van der Waals surface area contributed by atoms with E-state index in [0.717, 1.165) is 10.4 Å². The third-order valence-corrected chi connectivity index (χ3v) is 14.6. The lowest BCUT2D eigenvalue weighted by molar-refractivity contribution is -0.176. The van der Waals surface area contributed by atoms with Crippen molar-refractivity contribution >= 4 is 63.6 Å². The molecule has 6 N–H and O–H groups in total. The molecule has 1 amide bonds. The summed E-state index contributed by atoms with van der Waals surface area (Å²) >= 11 is 5.19. The van der Waals surface area contributed by atoms with Gasteiger partial charge in [0, 0.05) is 68.3 Å². The van der Waals surface area contributed by atoms with Crippen molar-refractivity contribution in [2.24, 2.45) is 17.8 Å². The average molecular weight is 893 g/mol. The van der Waals surface area contributed by atoms with E-state index in [4.69, 9.17) is 4.74 Å². The number of amides is 1. The summed E-state index contributed by atoms with van der Waals surface area (Å²) in [5.74, 6) is -3.15. The number of fused-ring (bicyclic) bond motifs is 5. The summed E-state index contributed by atoms with van der Waals surface area (Å²) in [5, 5.41) is 59.4. The van der Waals surface area contributed by atoms with E-state index in [9.17, 15) is 35.1 Å². The Bertz CT molecular complexity index is 1750. The highest BCUT2D eigenvalue weighted by molar-refractivity contribution is 14.1. The van der Waals surface area contributed by atoms with Gasteiger partial charge in [-0.1, -0.05) is 62.0 Å². The Morgan fingerprint density at radius 2 is 1.61 bits per heavy atom. The molecule has 2 aliphatic heterocycles. The van der Waals surface area contributed by atoms with Crippen molar-refractivity contribution in [3.05, 3.63) is 65.6 Å². The first-order valence-corrected chi connectivity index (χ1v) is 21.3. The summed E-state index contributed by atoms with van der Waals surface area (Å²) in [5.41, 5.74) is 0.0434. The van der Waals surface area contributed by atoms with Gasteiger partial charge in [0.2, 0.25) is 5.91 Å². The number of rotatable bonds is 6. The van der Waals surface area contributed by atoms with Gasteiger partial charge in [-0.25, -0.2) is 0 Å². The van der Waals surface area contributed by atoms with Gasteiger partial charge in [0.25, 0.3) is 0 Å². The zero-order chi connectivity index (χ0) is 39.5. The van der Waals surface area contributed by atoms with E-state index in [1.54, 1.807) is 65.6 Å². The molecule has 1 saturated heterocycles. The zero-order valence-corrected chi connectivity index (χ0v) is 35.4. The first-order chi connectivity index (χ1) is 25.4. The maximum atomic E-state index is 13.0. The average Bonchev–Trinajstić information content (AvgIpc) is 3.51. The normalized spacial score (nSPS) is 32.7. The van der Waals surface area contributed by atoms with E-state index in [2.05, 4.69) is 41.7 Å². The number of carbonyl (C=O) groups is 2. The summed E-state index contributed by atoms with van der Waals surface area (Å²) in [7, 11) is 0. The minimum Gasteiger partial charge on any atom is -0.448 e. The van der Waals surface area contributed by atoms with Crippen molar-refractivity contribution in [3.8, 4) is 21.6 Å². The second-order valence-electron chi connectivity index (χ2n) is 15.4. The third-order valence-electron chi connectivity index (χ3n) is 10.8. The number of carbonyl (C=O) groups excluding carboxylic acids is 2. The van der Waals surface area contributed by atoms with E-state index in [0.29, 0.717) is 26.1 Å². The maximum absolute atomic E-state index is 13.0. The predicted molar refractivity (Wildman–Crippen MR) is 222 cm³/mol. The Labute approximate surface area is 340 Å². The van der Waals surface area contributed by atoms with Crippen LogP contribution in [0.2, 0.25) is 0 Å². The summed E-state index contributed by atoms with van der Waals surface area (Å²) in [4.78, 5) is 32.5.